The molecule has 86 valence electrons. The van der Waals surface area contributed by atoms with Gasteiger partial charge in [0.25, 0.3) is 0 Å². The number of hydrogen-bond acceptors (Lipinski definition) is 5. The first-order valence-corrected chi connectivity index (χ1v) is 6.19. The Labute approximate surface area is 95.7 Å². The third kappa shape index (κ3) is 4.13. The summed E-state index contributed by atoms with van der Waals surface area (Å²) in [5, 5.41) is 13.2. The fourth-order valence-corrected chi connectivity index (χ4v) is 1.86. The third-order valence-corrected chi connectivity index (χ3v) is 3.41. The first-order chi connectivity index (χ1) is 7.13. The summed E-state index contributed by atoms with van der Waals surface area (Å²) in [7, 11) is 2.15. The maximum atomic E-state index is 4.02. The molecule has 4 nitrogen and oxygen atoms in total. The van der Waals surface area contributed by atoms with Gasteiger partial charge in [0.2, 0.25) is 5.13 Å². The largest absolute Gasteiger partial charge is 0.359 e. The van der Waals surface area contributed by atoms with Crippen molar-refractivity contribution in [2.75, 3.05) is 25.5 Å². The molecule has 0 aromatic carbocycles. The van der Waals surface area contributed by atoms with Gasteiger partial charge >= 0.3 is 0 Å². The van der Waals surface area contributed by atoms with Crippen molar-refractivity contribution in [1.82, 2.24) is 15.1 Å². The van der Waals surface area contributed by atoms with Crippen LogP contribution in [0.5, 0.6) is 0 Å². The van der Waals surface area contributed by atoms with Gasteiger partial charge in [0.1, 0.15) is 5.01 Å². The predicted molar refractivity (Wildman–Crippen MR) is 65.5 cm³/mol. The number of anilines is 1. The minimum atomic E-state index is 0.642. The summed E-state index contributed by atoms with van der Waals surface area (Å²) in [6.07, 6.45) is 1.19. The highest BCUT2D eigenvalue weighted by Gasteiger charge is 2.06. The molecular formula is C10H20N4S. The third-order valence-electron chi connectivity index (χ3n) is 2.61. The molecular weight excluding hydrogens is 208 g/mol. The summed E-state index contributed by atoms with van der Waals surface area (Å²) in [6.45, 7) is 8.38. The van der Waals surface area contributed by atoms with Crippen LogP contribution in [-0.2, 0) is 0 Å². The number of nitrogens with zero attached hydrogens (tertiary/aromatic N) is 3. The fraction of sp³-hybridized carbons (Fsp3) is 0.800. The van der Waals surface area contributed by atoms with Crippen LogP contribution >= 0.6 is 11.3 Å². The molecule has 1 heterocycles. The molecule has 0 spiro atoms. The van der Waals surface area contributed by atoms with Crippen LogP contribution in [-0.4, -0.2) is 41.3 Å². The van der Waals surface area contributed by atoms with Crippen LogP contribution in [0.3, 0.4) is 0 Å². The lowest BCUT2D eigenvalue weighted by Gasteiger charge is -2.23. The van der Waals surface area contributed by atoms with Gasteiger partial charge in [-0.3, -0.25) is 0 Å². The Morgan fingerprint density at radius 2 is 2.20 bits per heavy atom. The van der Waals surface area contributed by atoms with Gasteiger partial charge in [-0.25, -0.2) is 0 Å². The summed E-state index contributed by atoms with van der Waals surface area (Å²) in [5.41, 5.74) is 0. The van der Waals surface area contributed by atoms with Crippen LogP contribution in [0.1, 0.15) is 25.3 Å². The first kappa shape index (κ1) is 12.4. The number of aryl methyl sites for hydroxylation is 1. The quantitative estimate of drug-likeness (QED) is 0.808. The van der Waals surface area contributed by atoms with Crippen LogP contribution in [0.25, 0.3) is 0 Å². The Morgan fingerprint density at radius 1 is 1.47 bits per heavy atom. The second kappa shape index (κ2) is 6.02. The predicted octanol–water partition coefficient (Wildman–Crippen LogP) is 1.99. The van der Waals surface area contributed by atoms with E-state index in [0.29, 0.717) is 6.04 Å². The molecule has 0 radical (unpaired) electrons. The average Bonchev–Trinajstić information content (AvgIpc) is 2.63. The van der Waals surface area contributed by atoms with E-state index in [2.05, 4.69) is 41.3 Å². The normalized spacial score (nSPS) is 13.1. The minimum Gasteiger partial charge on any atom is -0.359 e. The second-order valence-electron chi connectivity index (χ2n) is 3.79. The zero-order valence-electron chi connectivity index (χ0n) is 9.95. The molecule has 1 N–H and O–H groups in total. The van der Waals surface area contributed by atoms with Crippen molar-refractivity contribution in [2.24, 2.45) is 0 Å². The Kier molecular flexibility index (Phi) is 4.98. The number of aromatic nitrogens is 2. The van der Waals surface area contributed by atoms with Gasteiger partial charge in [-0.05, 0) is 27.3 Å². The SMILES string of the molecule is CCC(C)N(C)CCNc1nnc(C)s1. The van der Waals surface area contributed by atoms with E-state index < -0.39 is 0 Å². The molecule has 0 fully saturated rings. The summed E-state index contributed by atoms with van der Waals surface area (Å²) < 4.78 is 0. The van der Waals surface area contributed by atoms with Crippen molar-refractivity contribution in [3.63, 3.8) is 0 Å². The minimum absolute atomic E-state index is 0.642. The molecule has 1 aromatic rings. The van der Waals surface area contributed by atoms with Gasteiger partial charge in [-0.2, -0.15) is 0 Å². The van der Waals surface area contributed by atoms with Crippen molar-refractivity contribution in [3.8, 4) is 0 Å². The van der Waals surface area contributed by atoms with Crippen molar-refractivity contribution in [1.29, 1.82) is 0 Å². The van der Waals surface area contributed by atoms with E-state index in [1.807, 2.05) is 6.92 Å². The highest BCUT2D eigenvalue weighted by molar-refractivity contribution is 7.15. The van der Waals surface area contributed by atoms with Gasteiger partial charge in [0, 0.05) is 19.1 Å². The van der Waals surface area contributed by atoms with E-state index in [1.165, 1.54) is 6.42 Å². The number of nitrogens with one attached hydrogen (secondary N) is 1. The maximum absolute atomic E-state index is 4.02. The molecule has 1 aromatic heterocycles. The molecule has 1 unspecified atom stereocenters. The smallest absolute Gasteiger partial charge is 0.205 e. The van der Waals surface area contributed by atoms with Crippen LogP contribution < -0.4 is 5.32 Å². The standard InChI is InChI=1S/C10H20N4S/c1-5-8(2)14(4)7-6-11-10-13-12-9(3)15-10/h8H,5-7H2,1-4H3,(H,11,13). The topological polar surface area (TPSA) is 41.0 Å². The average molecular weight is 228 g/mol. The lowest BCUT2D eigenvalue weighted by atomic mass is 10.2. The monoisotopic (exact) mass is 228 g/mol. The molecule has 1 atom stereocenters. The van der Waals surface area contributed by atoms with E-state index in [9.17, 15) is 0 Å². The fourth-order valence-electron chi connectivity index (χ4n) is 1.24. The van der Waals surface area contributed by atoms with Crippen molar-refractivity contribution in [3.05, 3.63) is 5.01 Å². The first-order valence-electron chi connectivity index (χ1n) is 5.37. The maximum Gasteiger partial charge on any atom is 0.205 e. The van der Waals surface area contributed by atoms with Crippen molar-refractivity contribution < 1.29 is 0 Å². The Hall–Kier alpha value is -0.680. The number of rotatable bonds is 6. The zero-order valence-corrected chi connectivity index (χ0v) is 10.8. The summed E-state index contributed by atoms with van der Waals surface area (Å²) in [4.78, 5) is 2.35. The molecule has 1 rings (SSSR count). The Morgan fingerprint density at radius 3 is 2.73 bits per heavy atom. The molecule has 0 aliphatic heterocycles. The van der Waals surface area contributed by atoms with Crippen LogP contribution in [0.2, 0.25) is 0 Å². The number of likely N-dealkylation sites (N-methyl/N-ethyl adjacent to an activating group) is 1. The Balaban J connectivity index is 2.21. The Bertz CT molecular complexity index is 287. The summed E-state index contributed by atoms with van der Waals surface area (Å²) >= 11 is 1.60. The summed E-state index contributed by atoms with van der Waals surface area (Å²) in [5.74, 6) is 0. The molecule has 15 heavy (non-hydrogen) atoms. The van der Waals surface area contributed by atoms with E-state index >= 15 is 0 Å². The number of hydrogen-bond donors (Lipinski definition) is 1. The van der Waals surface area contributed by atoms with Crippen LogP contribution in [0, 0.1) is 6.92 Å². The zero-order chi connectivity index (χ0) is 11.3. The molecule has 0 saturated carbocycles. The van der Waals surface area contributed by atoms with E-state index in [-0.39, 0.29) is 0 Å². The van der Waals surface area contributed by atoms with Crippen LogP contribution in [0.15, 0.2) is 0 Å². The van der Waals surface area contributed by atoms with Gasteiger partial charge in [0.15, 0.2) is 0 Å². The van der Waals surface area contributed by atoms with E-state index in [4.69, 9.17) is 0 Å². The highest BCUT2D eigenvalue weighted by Crippen LogP contribution is 2.12. The van der Waals surface area contributed by atoms with Crippen molar-refractivity contribution >= 4 is 16.5 Å². The van der Waals surface area contributed by atoms with Gasteiger partial charge in [-0.15, -0.1) is 10.2 Å². The lowest BCUT2D eigenvalue weighted by Crippen LogP contribution is -2.32. The highest BCUT2D eigenvalue weighted by atomic mass is 32.1. The lowest BCUT2D eigenvalue weighted by molar-refractivity contribution is 0.261. The van der Waals surface area contributed by atoms with E-state index in [0.717, 1.165) is 23.2 Å². The van der Waals surface area contributed by atoms with Crippen LogP contribution in [0.4, 0.5) is 5.13 Å². The molecule has 0 aliphatic carbocycles. The van der Waals surface area contributed by atoms with E-state index in [1.54, 1.807) is 11.3 Å². The molecule has 0 bridgehead atoms. The summed E-state index contributed by atoms with van der Waals surface area (Å²) in [6, 6.07) is 0.642. The molecule has 0 saturated heterocycles. The second-order valence-corrected chi connectivity index (χ2v) is 4.97. The van der Waals surface area contributed by atoms with Crippen molar-refractivity contribution in [2.45, 2.75) is 33.2 Å². The molecule has 0 aliphatic rings. The molecule has 5 heteroatoms. The van der Waals surface area contributed by atoms with Gasteiger partial charge in [0.05, 0.1) is 0 Å². The molecule has 0 amide bonds. The van der Waals surface area contributed by atoms with Gasteiger partial charge < -0.3 is 10.2 Å². The van der Waals surface area contributed by atoms with Gasteiger partial charge in [-0.1, -0.05) is 18.3 Å².